The molecule has 0 unspecified atom stereocenters. The van der Waals surface area contributed by atoms with E-state index in [1.165, 1.54) is 31.6 Å². The second-order valence-electron chi connectivity index (χ2n) is 3.29. The van der Waals surface area contributed by atoms with Gasteiger partial charge in [0, 0.05) is 22.3 Å². The van der Waals surface area contributed by atoms with Crippen LogP contribution in [0.2, 0.25) is 5.02 Å². The lowest BCUT2D eigenvalue weighted by Gasteiger charge is -2.17. The van der Waals surface area contributed by atoms with E-state index in [4.69, 9.17) is 11.6 Å². The summed E-state index contributed by atoms with van der Waals surface area (Å²) in [5.74, 6) is 0. The lowest BCUT2D eigenvalue weighted by Crippen LogP contribution is -2.17. The van der Waals surface area contributed by atoms with Gasteiger partial charge in [0.1, 0.15) is 0 Å². The van der Waals surface area contributed by atoms with Gasteiger partial charge in [-0.15, -0.1) is 0 Å². The Morgan fingerprint density at radius 2 is 1.92 bits per heavy atom. The molecule has 1 aliphatic heterocycles. The van der Waals surface area contributed by atoms with Crippen LogP contribution >= 0.6 is 34.2 Å². The van der Waals surface area contributed by atoms with Crippen LogP contribution in [-0.2, 0) is 0 Å². The molecule has 0 radical (unpaired) electrons. The second-order valence-corrected chi connectivity index (χ2v) is 4.86. The minimum absolute atomic E-state index is 0.866. The summed E-state index contributed by atoms with van der Waals surface area (Å²) in [7, 11) is 0. The maximum absolute atomic E-state index is 6.06. The van der Waals surface area contributed by atoms with Crippen LogP contribution in [0, 0.1) is 3.57 Å². The van der Waals surface area contributed by atoms with E-state index in [0.717, 1.165) is 8.59 Å². The Morgan fingerprint density at radius 1 is 1.23 bits per heavy atom. The molecule has 1 nitrogen and oxygen atoms in total. The first kappa shape index (κ1) is 9.59. The number of halogens is 2. The van der Waals surface area contributed by atoms with Gasteiger partial charge in [-0.25, -0.2) is 0 Å². The number of nitrogens with zero attached hydrogens (tertiary/aromatic N) is 1. The molecule has 70 valence electrons. The fraction of sp³-hybridized carbons (Fsp3) is 0.400. The highest BCUT2D eigenvalue weighted by molar-refractivity contribution is 14.1. The van der Waals surface area contributed by atoms with Crippen molar-refractivity contribution in [3.63, 3.8) is 0 Å². The van der Waals surface area contributed by atoms with Gasteiger partial charge in [0.05, 0.1) is 5.02 Å². The van der Waals surface area contributed by atoms with Gasteiger partial charge in [0.25, 0.3) is 0 Å². The van der Waals surface area contributed by atoms with Crippen LogP contribution in [0.25, 0.3) is 0 Å². The highest BCUT2D eigenvalue weighted by Gasteiger charge is 2.12. The molecular formula is C10H11ClIN. The molecule has 0 bridgehead atoms. The summed E-state index contributed by atoms with van der Waals surface area (Å²) in [6.07, 6.45) is 2.62. The molecule has 1 fully saturated rings. The van der Waals surface area contributed by atoms with Crippen LogP contribution in [0.3, 0.4) is 0 Å². The molecular weight excluding hydrogens is 296 g/mol. The fourth-order valence-electron chi connectivity index (χ4n) is 1.66. The van der Waals surface area contributed by atoms with Gasteiger partial charge in [-0.2, -0.15) is 0 Å². The van der Waals surface area contributed by atoms with Crippen molar-refractivity contribution in [1.29, 1.82) is 0 Å². The normalized spacial score (nSPS) is 16.6. The minimum atomic E-state index is 0.866. The van der Waals surface area contributed by atoms with Gasteiger partial charge in [0.15, 0.2) is 0 Å². The molecule has 0 atom stereocenters. The molecule has 0 aliphatic carbocycles. The van der Waals surface area contributed by atoms with E-state index < -0.39 is 0 Å². The van der Waals surface area contributed by atoms with Crippen LogP contribution in [0.15, 0.2) is 18.2 Å². The molecule has 0 amide bonds. The first-order valence-electron chi connectivity index (χ1n) is 4.47. The smallest absolute Gasteiger partial charge is 0.0560 e. The molecule has 0 spiro atoms. The van der Waals surface area contributed by atoms with E-state index in [2.05, 4.69) is 45.7 Å². The molecule has 0 N–H and O–H groups in total. The molecule has 0 saturated carbocycles. The highest BCUT2D eigenvalue weighted by atomic mass is 127. The van der Waals surface area contributed by atoms with Crippen molar-refractivity contribution in [1.82, 2.24) is 0 Å². The first-order valence-corrected chi connectivity index (χ1v) is 5.93. The Labute approximate surface area is 97.2 Å². The summed E-state index contributed by atoms with van der Waals surface area (Å²) in [5.41, 5.74) is 1.27. The Hall–Kier alpha value is 0.0400. The number of anilines is 1. The van der Waals surface area contributed by atoms with Crippen molar-refractivity contribution in [2.24, 2.45) is 0 Å². The predicted octanol–water partition coefficient (Wildman–Crippen LogP) is 3.54. The van der Waals surface area contributed by atoms with E-state index in [-0.39, 0.29) is 0 Å². The molecule has 2 rings (SSSR count). The zero-order valence-corrected chi connectivity index (χ0v) is 10.2. The van der Waals surface area contributed by atoms with Crippen LogP contribution in [0.1, 0.15) is 12.8 Å². The largest absolute Gasteiger partial charge is 0.371 e. The van der Waals surface area contributed by atoms with Gasteiger partial charge in [-0.3, -0.25) is 0 Å². The molecule has 3 heteroatoms. The van der Waals surface area contributed by atoms with Crippen molar-refractivity contribution in [2.45, 2.75) is 12.8 Å². The van der Waals surface area contributed by atoms with Crippen molar-refractivity contribution in [2.75, 3.05) is 18.0 Å². The van der Waals surface area contributed by atoms with Gasteiger partial charge in [-0.1, -0.05) is 11.6 Å². The molecule has 0 aromatic heterocycles. The molecule has 1 aliphatic rings. The van der Waals surface area contributed by atoms with Crippen molar-refractivity contribution in [3.05, 3.63) is 26.8 Å². The third kappa shape index (κ3) is 2.10. The fourth-order valence-corrected chi connectivity index (χ4v) is 2.17. The summed E-state index contributed by atoms with van der Waals surface area (Å²) in [4.78, 5) is 2.39. The Kier molecular flexibility index (Phi) is 2.99. The van der Waals surface area contributed by atoms with Gasteiger partial charge in [-0.05, 0) is 53.6 Å². The van der Waals surface area contributed by atoms with Gasteiger partial charge in [0.2, 0.25) is 0 Å². The molecule has 1 aromatic carbocycles. The number of hydrogen-bond donors (Lipinski definition) is 0. The number of rotatable bonds is 1. The van der Waals surface area contributed by atoms with Crippen molar-refractivity contribution in [3.8, 4) is 0 Å². The molecule has 1 aromatic rings. The standard InChI is InChI=1S/C10H11ClIN/c11-9-7-8(3-4-10(9)12)13-5-1-2-6-13/h3-4,7H,1-2,5-6H2. The topological polar surface area (TPSA) is 3.24 Å². The van der Waals surface area contributed by atoms with Crippen LogP contribution in [-0.4, -0.2) is 13.1 Å². The third-order valence-electron chi connectivity index (χ3n) is 2.37. The van der Waals surface area contributed by atoms with Gasteiger partial charge >= 0.3 is 0 Å². The number of benzene rings is 1. The van der Waals surface area contributed by atoms with E-state index in [1.807, 2.05) is 0 Å². The van der Waals surface area contributed by atoms with E-state index in [1.54, 1.807) is 0 Å². The first-order chi connectivity index (χ1) is 6.27. The third-order valence-corrected chi connectivity index (χ3v) is 3.95. The Balaban J connectivity index is 2.25. The van der Waals surface area contributed by atoms with Crippen molar-refractivity contribution >= 4 is 39.9 Å². The quantitative estimate of drug-likeness (QED) is 0.717. The zero-order chi connectivity index (χ0) is 9.26. The Bertz CT molecular complexity index is 308. The minimum Gasteiger partial charge on any atom is -0.371 e. The predicted molar refractivity (Wildman–Crippen MR) is 65.6 cm³/mol. The highest BCUT2D eigenvalue weighted by Crippen LogP contribution is 2.26. The summed E-state index contributed by atoms with van der Waals surface area (Å²) < 4.78 is 1.13. The lowest BCUT2D eigenvalue weighted by molar-refractivity contribution is 0.949. The van der Waals surface area contributed by atoms with Crippen molar-refractivity contribution < 1.29 is 0 Å². The summed E-state index contributed by atoms with van der Waals surface area (Å²) in [6.45, 7) is 2.36. The average molecular weight is 308 g/mol. The Morgan fingerprint density at radius 3 is 2.54 bits per heavy atom. The van der Waals surface area contributed by atoms with Crippen LogP contribution in [0.4, 0.5) is 5.69 Å². The van der Waals surface area contributed by atoms with E-state index in [9.17, 15) is 0 Å². The summed E-state index contributed by atoms with van der Waals surface area (Å²) >= 11 is 8.31. The summed E-state index contributed by atoms with van der Waals surface area (Å²) in [6, 6.07) is 6.30. The van der Waals surface area contributed by atoms with Gasteiger partial charge < -0.3 is 4.90 Å². The molecule has 1 saturated heterocycles. The summed E-state index contributed by atoms with van der Waals surface area (Å²) in [5, 5.41) is 0.866. The van der Waals surface area contributed by atoms with Crippen LogP contribution < -0.4 is 4.90 Å². The zero-order valence-electron chi connectivity index (χ0n) is 7.26. The van der Waals surface area contributed by atoms with E-state index in [0.29, 0.717) is 0 Å². The maximum atomic E-state index is 6.06. The molecule has 1 heterocycles. The maximum Gasteiger partial charge on any atom is 0.0560 e. The molecule has 13 heavy (non-hydrogen) atoms. The SMILES string of the molecule is Clc1cc(N2CCCC2)ccc1I. The average Bonchev–Trinajstić information content (AvgIpc) is 2.62. The monoisotopic (exact) mass is 307 g/mol. The lowest BCUT2D eigenvalue weighted by atomic mass is 10.3. The second kappa shape index (κ2) is 4.05. The number of hydrogen-bond acceptors (Lipinski definition) is 1. The van der Waals surface area contributed by atoms with Crippen LogP contribution in [0.5, 0.6) is 0 Å². The van der Waals surface area contributed by atoms with E-state index >= 15 is 0 Å².